The number of benzene rings is 1. The average molecular weight is 451 g/mol. The minimum Gasteiger partial charge on any atom is -0.385 e. The van der Waals surface area contributed by atoms with Crippen LogP contribution in [-0.4, -0.2) is 54.6 Å². The Morgan fingerprint density at radius 3 is 2.66 bits per heavy atom. The van der Waals surface area contributed by atoms with E-state index in [2.05, 4.69) is 62.0 Å². The largest absolute Gasteiger partial charge is 0.385 e. The van der Waals surface area contributed by atoms with E-state index in [9.17, 15) is 4.79 Å². The number of nitrogens with zero attached hydrogens (tertiary/aromatic N) is 3. The summed E-state index contributed by atoms with van der Waals surface area (Å²) in [5, 5.41) is 9.88. The number of nitrogens with one attached hydrogen (secondary N) is 3. The van der Waals surface area contributed by atoms with Crippen LogP contribution in [0.25, 0.3) is 10.3 Å². The van der Waals surface area contributed by atoms with Crippen molar-refractivity contribution in [3.8, 4) is 0 Å². The first kappa shape index (κ1) is 21.2. The van der Waals surface area contributed by atoms with E-state index < -0.39 is 0 Å². The Labute approximate surface area is 192 Å². The molecule has 2 bridgehead atoms. The smallest absolute Gasteiger partial charge is 0.263 e. The Morgan fingerprint density at radius 2 is 1.97 bits per heavy atom. The molecule has 0 aliphatic carbocycles. The van der Waals surface area contributed by atoms with Gasteiger partial charge in [0.25, 0.3) is 5.91 Å². The number of aryl methyl sites for hydroxylation is 1. The predicted octanol–water partition coefficient (Wildman–Crippen LogP) is 3.21. The molecule has 0 radical (unpaired) electrons. The van der Waals surface area contributed by atoms with Crippen molar-refractivity contribution in [2.45, 2.75) is 44.7 Å². The lowest BCUT2D eigenvalue weighted by Gasteiger charge is -2.34. The van der Waals surface area contributed by atoms with E-state index in [0.29, 0.717) is 23.5 Å². The van der Waals surface area contributed by atoms with Crippen LogP contribution in [0.3, 0.4) is 0 Å². The lowest BCUT2D eigenvalue weighted by atomic mass is 10.1. The number of carbonyl (C=O) groups excluding carboxylic acids is 1. The fraction of sp³-hybridized carbons (Fsp3) is 0.458. The van der Waals surface area contributed by atoms with Crippen LogP contribution in [0.2, 0.25) is 0 Å². The Hall–Kier alpha value is -2.71. The van der Waals surface area contributed by atoms with Gasteiger partial charge in [0.15, 0.2) is 0 Å². The van der Waals surface area contributed by atoms with Gasteiger partial charge in [-0.3, -0.25) is 4.79 Å². The Bertz CT molecular complexity index is 1100. The second-order valence-corrected chi connectivity index (χ2v) is 9.64. The molecule has 3 aromatic rings. The number of anilines is 2. The highest BCUT2D eigenvalue weighted by molar-refractivity contribution is 7.21. The molecule has 7 nitrogen and oxygen atoms in total. The van der Waals surface area contributed by atoms with E-state index in [1.165, 1.54) is 35.4 Å². The molecule has 0 saturated carbocycles. The highest BCUT2D eigenvalue weighted by Crippen LogP contribution is 2.33. The Balaban J connectivity index is 1.20. The summed E-state index contributed by atoms with van der Waals surface area (Å²) in [6.07, 6.45) is 5.99. The first-order chi connectivity index (χ1) is 15.6. The van der Waals surface area contributed by atoms with Gasteiger partial charge < -0.3 is 20.9 Å². The summed E-state index contributed by atoms with van der Waals surface area (Å²) >= 11 is 1.40. The van der Waals surface area contributed by atoms with Gasteiger partial charge in [0.2, 0.25) is 0 Å². The summed E-state index contributed by atoms with van der Waals surface area (Å²) in [7, 11) is 1.82. The second kappa shape index (κ2) is 9.03. The zero-order valence-electron chi connectivity index (χ0n) is 18.6. The first-order valence-electron chi connectivity index (χ1n) is 11.5. The molecule has 0 unspecified atom stereocenters. The number of rotatable bonds is 7. The van der Waals surface area contributed by atoms with Crippen LogP contribution in [0, 0.1) is 0 Å². The van der Waals surface area contributed by atoms with Crippen molar-refractivity contribution in [3.63, 3.8) is 0 Å². The number of hydrogen-bond donors (Lipinski definition) is 3. The lowest BCUT2D eigenvalue weighted by molar-refractivity contribution is 0.0959. The SMILES string of the molecule is CCc1cnc2c(NC)c(C(=O)NCCc3ccc(N4C[C@H]5CC[C@@H](C4)N5)cc3)sc2n1. The summed E-state index contributed by atoms with van der Waals surface area (Å²) < 4.78 is 0. The van der Waals surface area contributed by atoms with Gasteiger partial charge in [-0.1, -0.05) is 19.1 Å². The summed E-state index contributed by atoms with van der Waals surface area (Å²) in [6, 6.07) is 10.1. The molecule has 2 fully saturated rings. The van der Waals surface area contributed by atoms with Gasteiger partial charge in [-0.15, -0.1) is 11.3 Å². The van der Waals surface area contributed by atoms with Gasteiger partial charge in [0, 0.05) is 50.6 Å². The van der Waals surface area contributed by atoms with E-state index in [1.54, 1.807) is 6.20 Å². The van der Waals surface area contributed by atoms with Crippen molar-refractivity contribution in [3.05, 3.63) is 46.6 Å². The topological polar surface area (TPSA) is 82.2 Å². The highest BCUT2D eigenvalue weighted by Gasteiger charge is 2.32. The maximum atomic E-state index is 12.9. The third kappa shape index (κ3) is 4.17. The molecule has 2 atom stereocenters. The van der Waals surface area contributed by atoms with Crippen molar-refractivity contribution in [1.29, 1.82) is 0 Å². The van der Waals surface area contributed by atoms with Gasteiger partial charge in [0.05, 0.1) is 11.4 Å². The predicted molar refractivity (Wildman–Crippen MR) is 131 cm³/mol. The van der Waals surface area contributed by atoms with Crippen molar-refractivity contribution < 1.29 is 4.79 Å². The summed E-state index contributed by atoms with van der Waals surface area (Å²) in [5.41, 5.74) is 4.98. The zero-order chi connectivity index (χ0) is 22.1. The van der Waals surface area contributed by atoms with E-state index in [1.807, 2.05) is 7.05 Å². The van der Waals surface area contributed by atoms with Gasteiger partial charge in [-0.2, -0.15) is 0 Å². The Kier molecular flexibility index (Phi) is 5.97. The molecular formula is C24H30N6OS. The Morgan fingerprint density at radius 1 is 1.22 bits per heavy atom. The minimum atomic E-state index is -0.0786. The van der Waals surface area contributed by atoms with E-state index in [-0.39, 0.29) is 5.91 Å². The third-order valence-electron chi connectivity index (χ3n) is 6.49. The minimum absolute atomic E-state index is 0.0786. The van der Waals surface area contributed by atoms with Crippen LogP contribution < -0.4 is 20.9 Å². The monoisotopic (exact) mass is 450 g/mol. The van der Waals surface area contributed by atoms with Crippen LogP contribution in [0.15, 0.2) is 30.5 Å². The number of piperazine rings is 1. The molecule has 2 aliphatic rings. The maximum absolute atomic E-state index is 12.9. The van der Waals surface area contributed by atoms with Crippen LogP contribution in [-0.2, 0) is 12.8 Å². The average Bonchev–Trinajstić information content (AvgIpc) is 3.37. The number of carbonyl (C=O) groups is 1. The fourth-order valence-electron chi connectivity index (χ4n) is 4.75. The van der Waals surface area contributed by atoms with Crippen LogP contribution >= 0.6 is 11.3 Å². The highest BCUT2D eigenvalue weighted by atomic mass is 32.1. The summed E-state index contributed by atoms with van der Waals surface area (Å²) in [5.74, 6) is -0.0786. The van der Waals surface area contributed by atoms with E-state index >= 15 is 0 Å². The van der Waals surface area contributed by atoms with Crippen molar-refractivity contribution in [2.24, 2.45) is 0 Å². The maximum Gasteiger partial charge on any atom is 0.263 e. The number of hydrogen-bond acceptors (Lipinski definition) is 7. The fourth-order valence-corrected chi connectivity index (χ4v) is 5.82. The molecule has 8 heteroatoms. The van der Waals surface area contributed by atoms with Crippen molar-refractivity contribution in [2.75, 3.05) is 36.9 Å². The number of thiophene rings is 1. The summed E-state index contributed by atoms with van der Waals surface area (Å²) in [6.45, 7) is 4.83. The molecular weight excluding hydrogens is 420 g/mol. The van der Waals surface area contributed by atoms with Crippen LogP contribution in [0.5, 0.6) is 0 Å². The molecule has 2 aliphatic heterocycles. The van der Waals surface area contributed by atoms with Gasteiger partial charge in [-0.25, -0.2) is 9.97 Å². The van der Waals surface area contributed by atoms with E-state index in [0.717, 1.165) is 47.7 Å². The zero-order valence-corrected chi connectivity index (χ0v) is 19.5. The van der Waals surface area contributed by atoms with Gasteiger partial charge in [-0.05, 0) is 43.4 Å². The molecule has 2 aromatic heterocycles. The molecule has 168 valence electrons. The van der Waals surface area contributed by atoms with Crippen molar-refractivity contribution >= 4 is 39.0 Å². The molecule has 0 spiro atoms. The molecule has 3 N–H and O–H groups in total. The number of fused-ring (bicyclic) bond motifs is 3. The first-order valence-corrected chi connectivity index (χ1v) is 12.3. The summed E-state index contributed by atoms with van der Waals surface area (Å²) in [4.78, 5) is 25.9. The molecule has 1 amide bonds. The van der Waals surface area contributed by atoms with Gasteiger partial charge in [0.1, 0.15) is 15.2 Å². The van der Waals surface area contributed by atoms with Crippen molar-refractivity contribution in [1.82, 2.24) is 20.6 Å². The quantitative estimate of drug-likeness (QED) is 0.513. The number of aromatic nitrogens is 2. The molecule has 1 aromatic carbocycles. The molecule has 4 heterocycles. The second-order valence-electron chi connectivity index (χ2n) is 8.64. The molecule has 2 saturated heterocycles. The normalized spacial score (nSPS) is 20.0. The molecule has 32 heavy (non-hydrogen) atoms. The lowest BCUT2D eigenvalue weighted by Crippen LogP contribution is -2.51. The van der Waals surface area contributed by atoms with E-state index in [4.69, 9.17) is 0 Å². The third-order valence-corrected chi connectivity index (χ3v) is 7.56. The standard InChI is InChI=1S/C24H30N6OS/c1-3-16-12-27-21-20(25-2)22(32-24(21)29-16)23(31)26-11-10-15-4-8-19(9-5-15)30-13-17-6-7-18(14-30)28-17/h4-5,8-9,12,17-18,25,28H,3,6-7,10-11,13-14H2,1-2H3,(H,26,31)/t17-,18+. The van der Waals surface area contributed by atoms with Crippen LogP contribution in [0.4, 0.5) is 11.4 Å². The number of amides is 1. The van der Waals surface area contributed by atoms with Gasteiger partial charge >= 0.3 is 0 Å². The van der Waals surface area contributed by atoms with Crippen LogP contribution in [0.1, 0.15) is 40.7 Å². The molecule has 5 rings (SSSR count).